The van der Waals surface area contributed by atoms with E-state index < -0.39 is 5.60 Å². The van der Waals surface area contributed by atoms with E-state index in [0.29, 0.717) is 13.0 Å². The number of para-hydroxylation sites is 1. The predicted octanol–water partition coefficient (Wildman–Crippen LogP) is 2.84. The zero-order valence-corrected chi connectivity index (χ0v) is 10.2. The molecule has 0 radical (unpaired) electrons. The van der Waals surface area contributed by atoms with Gasteiger partial charge in [0, 0.05) is 18.8 Å². The second-order valence-corrected chi connectivity index (χ2v) is 4.34. The first-order valence-electron chi connectivity index (χ1n) is 5.72. The first kappa shape index (κ1) is 12.8. The van der Waals surface area contributed by atoms with E-state index in [0.717, 1.165) is 12.2 Å². The van der Waals surface area contributed by atoms with Crippen molar-refractivity contribution in [1.82, 2.24) is 0 Å². The summed E-state index contributed by atoms with van der Waals surface area (Å²) in [6.07, 6.45) is 2.37. The fraction of sp³-hybridized carbons (Fsp3) is 0.429. The van der Waals surface area contributed by atoms with Gasteiger partial charge >= 0.3 is 0 Å². The number of hydrogen-bond acceptors (Lipinski definition) is 2. The van der Waals surface area contributed by atoms with Gasteiger partial charge in [-0.1, -0.05) is 24.3 Å². The Morgan fingerprint density at radius 1 is 1.38 bits per heavy atom. The minimum atomic E-state index is -0.715. The third-order valence-electron chi connectivity index (χ3n) is 2.62. The maximum absolute atomic E-state index is 10.2. The standard InChI is InChI=1S/C14H21NO/c1-4-11-14(3,16)12-15(5-2)13-9-7-6-8-10-13/h4,6-10,16H,1,5,11-12H2,2-3H3. The number of anilines is 1. The van der Waals surface area contributed by atoms with E-state index in [2.05, 4.69) is 30.5 Å². The Morgan fingerprint density at radius 3 is 2.50 bits per heavy atom. The molecule has 2 heteroatoms. The molecule has 88 valence electrons. The lowest BCUT2D eigenvalue weighted by Crippen LogP contribution is -2.40. The summed E-state index contributed by atoms with van der Waals surface area (Å²) in [4.78, 5) is 2.17. The summed E-state index contributed by atoms with van der Waals surface area (Å²) < 4.78 is 0. The van der Waals surface area contributed by atoms with Crippen LogP contribution in [0.1, 0.15) is 20.3 Å². The Kier molecular flexibility index (Phi) is 4.56. The number of benzene rings is 1. The molecule has 0 aliphatic heterocycles. The van der Waals surface area contributed by atoms with Crippen molar-refractivity contribution in [2.75, 3.05) is 18.0 Å². The molecule has 0 aliphatic rings. The molecule has 0 amide bonds. The topological polar surface area (TPSA) is 23.5 Å². The van der Waals surface area contributed by atoms with Gasteiger partial charge in [-0.05, 0) is 32.4 Å². The SMILES string of the molecule is C=CCC(C)(O)CN(CC)c1ccccc1. The number of rotatable bonds is 6. The zero-order valence-electron chi connectivity index (χ0n) is 10.2. The quantitative estimate of drug-likeness (QED) is 0.744. The highest BCUT2D eigenvalue weighted by atomic mass is 16.3. The molecule has 0 aliphatic carbocycles. The summed E-state index contributed by atoms with van der Waals surface area (Å²) in [5.41, 5.74) is 0.433. The minimum Gasteiger partial charge on any atom is -0.388 e. The van der Waals surface area contributed by atoms with Gasteiger partial charge in [0.1, 0.15) is 0 Å². The van der Waals surface area contributed by atoms with E-state index in [4.69, 9.17) is 0 Å². The summed E-state index contributed by atoms with van der Waals surface area (Å²) in [5.74, 6) is 0. The molecule has 1 unspecified atom stereocenters. The highest BCUT2D eigenvalue weighted by Gasteiger charge is 2.21. The maximum atomic E-state index is 10.2. The van der Waals surface area contributed by atoms with Gasteiger partial charge in [-0.25, -0.2) is 0 Å². The Hall–Kier alpha value is -1.28. The molecule has 0 aromatic heterocycles. The van der Waals surface area contributed by atoms with E-state index in [-0.39, 0.29) is 0 Å². The molecule has 1 rings (SSSR count). The molecular formula is C14H21NO. The van der Waals surface area contributed by atoms with Crippen LogP contribution in [0.15, 0.2) is 43.0 Å². The summed E-state index contributed by atoms with van der Waals surface area (Å²) >= 11 is 0. The van der Waals surface area contributed by atoms with Crippen molar-refractivity contribution in [3.8, 4) is 0 Å². The van der Waals surface area contributed by atoms with E-state index in [9.17, 15) is 5.11 Å². The van der Waals surface area contributed by atoms with Gasteiger partial charge in [-0.15, -0.1) is 6.58 Å². The van der Waals surface area contributed by atoms with Crippen molar-refractivity contribution in [1.29, 1.82) is 0 Å². The van der Waals surface area contributed by atoms with Gasteiger partial charge in [0.15, 0.2) is 0 Å². The van der Waals surface area contributed by atoms with Crippen LogP contribution in [0.4, 0.5) is 5.69 Å². The summed E-state index contributed by atoms with van der Waals surface area (Å²) in [6, 6.07) is 10.2. The number of likely N-dealkylation sites (N-methyl/N-ethyl adjacent to an activating group) is 1. The molecule has 0 saturated heterocycles. The summed E-state index contributed by atoms with van der Waals surface area (Å²) in [5, 5.41) is 10.2. The van der Waals surface area contributed by atoms with Crippen LogP contribution in [0.5, 0.6) is 0 Å². The van der Waals surface area contributed by atoms with Crippen LogP contribution in [-0.2, 0) is 0 Å². The average Bonchev–Trinajstić information content (AvgIpc) is 2.27. The lowest BCUT2D eigenvalue weighted by Gasteiger charge is -2.31. The molecule has 1 aromatic rings. The largest absolute Gasteiger partial charge is 0.388 e. The number of aliphatic hydroxyl groups is 1. The van der Waals surface area contributed by atoms with Crippen LogP contribution in [-0.4, -0.2) is 23.8 Å². The van der Waals surface area contributed by atoms with E-state index >= 15 is 0 Å². The van der Waals surface area contributed by atoms with Crippen LogP contribution < -0.4 is 4.90 Å². The molecule has 1 aromatic carbocycles. The van der Waals surface area contributed by atoms with Crippen LogP contribution in [0.2, 0.25) is 0 Å². The molecule has 16 heavy (non-hydrogen) atoms. The second-order valence-electron chi connectivity index (χ2n) is 4.34. The maximum Gasteiger partial charge on any atom is 0.0827 e. The number of nitrogens with zero attached hydrogens (tertiary/aromatic N) is 1. The van der Waals surface area contributed by atoms with Crippen LogP contribution in [0.3, 0.4) is 0 Å². The third kappa shape index (κ3) is 3.70. The average molecular weight is 219 g/mol. The predicted molar refractivity (Wildman–Crippen MR) is 69.8 cm³/mol. The van der Waals surface area contributed by atoms with Crippen molar-refractivity contribution >= 4 is 5.69 Å². The van der Waals surface area contributed by atoms with E-state index in [1.807, 2.05) is 25.1 Å². The van der Waals surface area contributed by atoms with Crippen molar-refractivity contribution in [2.45, 2.75) is 25.9 Å². The second kappa shape index (κ2) is 5.71. The lowest BCUT2D eigenvalue weighted by atomic mass is 10.0. The highest BCUT2D eigenvalue weighted by molar-refractivity contribution is 5.46. The Bertz CT molecular complexity index is 319. The van der Waals surface area contributed by atoms with Crippen molar-refractivity contribution in [3.63, 3.8) is 0 Å². The van der Waals surface area contributed by atoms with Crippen molar-refractivity contribution in [2.24, 2.45) is 0 Å². The van der Waals surface area contributed by atoms with Crippen molar-refractivity contribution in [3.05, 3.63) is 43.0 Å². The van der Waals surface area contributed by atoms with Gasteiger partial charge in [-0.3, -0.25) is 0 Å². The highest BCUT2D eigenvalue weighted by Crippen LogP contribution is 2.18. The van der Waals surface area contributed by atoms with E-state index in [1.54, 1.807) is 6.08 Å². The minimum absolute atomic E-state index is 0.607. The molecule has 1 N–H and O–H groups in total. The molecule has 0 bridgehead atoms. The van der Waals surface area contributed by atoms with Crippen molar-refractivity contribution < 1.29 is 5.11 Å². The van der Waals surface area contributed by atoms with Gasteiger partial charge in [0.2, 0.25) is 0 Å². The van der Waals surface area contributed by atoms with Gasteiger partial charge in [0.05, 0.1) is 5.60 Å². The fourth-order valence-electron chi connectivity index (χ4n) is 1.81. The van der Waals surface area contributed by atoms with Crippen LogP contribution in [0.25, 0.3) is 0 Å². The molecule has 1 atom stereocenters. The summed E-state index contributed by atoms with van der Waals surface area (Å²) in [7, 11) is 0. The normalized spacial score (nSPS) is 14.2. The summed E-state index contributed by atoms with van der Waals surface area (Å²) in [6.45, 7) is 9.13. The molecule has 0 spiro atoms. The van der Waals surface area contributed by atoms with E-state index in [1.165, 1.54) is 0 Å². The van der Waals surface area contributed by atoms with Gasteiger partial charge < -0.3 is 10.0 Å². The molecule has 0 heterocycles. The van der Waals surface area contributed by atoms with Crippen LogP contribution >= 0.6 is 0 Å². The molecule has 2 nitrogen and oxygen atoms in total. The lowest BCUT2D eigenvalue weighted by molar-refractivity contribution is 0.0704. The Balaban J connectivity index is 2.73. The molecule has 0 fully saturated rings. The monoisotopic (exact) mass is 219 g/mol. The van der Waals surface area contributed by atoms with Gasteiger partial charge in [0.25, 0.3) is 0 Å². The fourth-order valence-corrected chi connectivity index (χ4v) is 1.81. The van der Waals surface area contributed by atoms with Gasteiger partial charge in [-0.2, -0.15) is 0 Å². The molecular weight excluding hydrogens is 198 g/mol. The third-order valence-corrected chi connectivity index (χ3v) is 2.62. The van der Waals surface area contributed by atoms with Crippen LogP contribution in [0, 0.1) is 0 Å². The Morgan fingerprint density at radius 2 is 2.00 bits per heavy atom. The number of hydrogen-bond donors (Lipinski definition) is 1. The molecule has 0 saturated carbocycles. The Labute approximate surface area is 98.2 Å². The zero-order chi connectivity index (χ0) is 12.0. The first-order chi connectivity index (χ1) is 7.59. The smallest absolute Gasteiger partial charge is 0.0827 e. The first-order valence-corrected chi connectivity index (χ1v) is 5.72.